The van der Waals surface area contributed by atoms with Crippen molar-refractivity contribution in [1.29, 1.82) is 0 Å². The predicted molar refractivity (Wildman–Crippen MR) is 68.4 cm³/mol. The Balaban J connectivity index is 1.96. The summed E-state index contributed by atoms with van der Waals surface area (Å²) in [5.41, 5.74) is 1.62. The van der Waals surface area contributed by atoms with Gasteiger partial charge in [0.2, 0.25) is 0 Å². The van der Waals surface area contributed by atoms with E-state index < -0.39 is 5.76 Å². The smallest absolute Gasteiger partial charge is 0.408 e. The molecule has 100 valence electrons. The van der Waals surface area contributed by atoms with Gasteiger partial charge in [-0.25, -0.2) is 4.79 Å². The third-order valence-electron chi connectivity index (χ3n) is 3.31. The van der Waals surface area contributed by atoms with Crippen molar-refractivity contribution in [2.45, 2.75) is 6.04 Å². The van der Waals surface area contributed by atoms with E-state index in [1.807, 2.05) is 0 Å². The summed E-state index contributed by atoms with van der Waals surface area (Å²) < 4.78 is 11.8. The fraction of sp³-hybridized carbons (Fsp3) is 0.385. The van der Waals surface area contributed by atoms with E-state index in [9.17, 15) is 9.59 Å². The van der Waals surface area contributed by atoms with E-state index in [1.54, 1.807) is 25.2 Å². The molecule has 1 fully saturated rings. The molecular weight excluding hydrogens is 248 g/mol. The fourth-order valence-corrected chi connectivity index (χ4v) is 2.22. The Kier molecular flexibility index (Phi) is 2.96. The Bertz CT molecular complexity index is 679. The number of ketones is 1. The Labute approximate surface area is 109 Å². The maximum Gasteiger partial charge on any atom is 0.419 e. The molecule has 3 rings (SSSR count). The molecule has 2 heterocycles. The molecule has 1 aromatic carbocycles. The molecule has 0 bridgehead atoms. The second-order valence-electron chi connectivity index (χ2n) is 4.56. The summed E-state index contributed by atoms with van der Waals surface area (Å²) in [5.74, 6) is -0.480. The number of carbonyl (C=O) groups is 1. The van der Waals surface area contributed by atoms with Crippen LogP contribution in [0.1, 0.15) is 10.4 Å². The molecular formula is C13H14N2O4. The van der Waals surface area contributed by atoms with Crippen LogP contribution in [0.4, 0.5) is 0 Å². The number of aryl methyl sites for hydroxylation is 1. The number of hydrogen-bond acceptors (Lipinski definition) is 5. The van der Waals surface area contributed by atoms with Crippen LogP contribution in [0.5, 0.6) is 0 Å². The molecule has 6 nitrogen and oxygen atoms in total. The topological polar surface area (TPSA) is 73.5 Å². The van der Waals surface area contributed by atoms with Crippen molar-refractivity contribution in [3.05, 3.63) is 34.3 Å². The van der Waals surface area contributed by atoms with Crippen molar-refractivity contribution in [3.63, 3.8) is 0 Å². The number of aromatic nitrogens is 1. The van der Waals surface area contributed by atoms with E-state index in [4.69, 9.17) is 9.15 Å². The van der Waals surface area contributed by atoms with Crippen LogP contribution in [0.2, 0.25) is 0 Å². The first-order valence-electron chi connectivity index (χ1n) is 6.12. The first-order valence-corrected chi connectivity index (χ1v) is 6.12. The standard InChI is InChI=1S/C13H14N2O4/c1-15-10-3-2-8(6-11(10)19-13(15)17)12(16)9-7-18-5-4-14-9/h2-3,6,9,14H,4-5,7H2,1H3. The molecule has 1 aliphatic rings. The van der Waals surface area contributed by atoms with Crippen molar-refractivity contribution >= 4 is 16.9 Å². The van der Waals surface area contributed by atoms with Gasteiger partial charge in [0, 0.05) is 19.2 Å². The van der Waals surface area contributed by atoms with Crippen molar-refractivity contribution in [3.8, 4) is 0 Å². The Morgan fingerprint density at radius 1 is 1.47 bits per heavy atom. The molecule has 0 amide bonds. The number of ether oxygens (including phenoxy) is 1. The summed E-state index contributed by atoms with van der Waals surface area (Å²) >= 11 is 0. The summed E-state index contributed by atoms with van der Waals surface area (Å²) in [4.78, 5) is 23.7. The number of morpholine rings is 1. The van der Waals surface area contributed by atoms with Gasteiger partial charge in [0.1, 0.15) is 0 Å². The number of hydrogen-bond donors (Lipinski definition) is 1. The minimum Gasteiger partial charge on any atom is -0.408 e. The Hall–Kier alpha value is -1.92. The number of carbonyl (C=O) groups excluding carboxylic acids is 1. The normalized spacial score (nSPS) is 19.7. The first kappa shape index (κ1) is 12.1. The van der Waals surface area contributed by atoms with Gasteiger partial charge < -0.3 is 14.5 Å². The number of oxazole rings is 1. The van der Waals surface area contributed by atoms with Crippen LogP contribution in [0.15, 0.2) is 27.4 Å². The first-order chi connectivity index (χ1) is 9.16. The number of nitrogens with one attached hydrogen (secondary N) is 1. The third kappa shape index (κ3) is 2.09. The van der Waals surface area contributed by atoms with Gasteiger partial charge in [-0.3, -0.25) is 9.36 Å². The largest absolute Gasteiger partial charge is 0.419 e. The fourth-order valence-electron chi connectivity index (χ4n) is 2.22. The van der Waals surface area contributed by atoms with Crippen molar-refractivity contribution < 1.29 is 13.9 Å². The van der Waals surface area contributed by atoms with Gasteiger partial charge in [-0.05, 0) is 18.2 Å². The molecule has 1 unspecified atom stereocenters. The van der Waals surface area contributed by atoms with Crippen LogP contribution in [0.3, 0.4) is 0 Å². The average molecular weight is 262 g/mol. The quantitative estimate of drug-likeness (QED) is 0.788. The number of fused-ring (bicyclic) bond motifs is 1. The summed E-state index contributed by atoms with van der Waals surface area (Å²) in [6, 6.07) is 4.70. The van der Waals surface area contributed by atoms with Crippen LogP contribution in [-0.2, 0) is 11.8 Å². The van der Waals surface area contributed by atoms with Crippen LogP contribution < -0.4 is 11.1 Å². The third-order valence-corrected chi connectivity index (χ3v) is 3.31. The maximum atomic E-state index is 12.3. The maximum absolute atomic E-state index is 12.3. The highest BCUT2D eigenvalue weighted by molar-refractivity contribution is 6.02. The van der Waals surface area contributed by atoms with Crippen LogP contribution in [0, 0.1) is 0 Å². The number of benzene rings is 1. The minimum atomic E-state index is -0.432. The highest BCUT2D eigenvalue weighted by Crippen LogP contribution is 2.16. The Morgan fingerprint density at radius 3 is 3.05 bits per heavy atom. The zero-order valence-electron chi connectivity index (χ0n) is 10.5. The van der Waals surface area contributed by atoms with Crippen LogP contribution in [-0.4, -0.2) is 36.2 Å². The van der Waals surface area contributed by atoms with E-state index >= 15 is 0 Å². The van der Waals surface area contributed by atoms with Crippen molar-refractivity contribution in [1.82, 2.24) is 9.88 Å². The van der Waals surface area contributed by atoms with Gasteiger partial charge >= 0.3 is 5.76 Å². The van der Waals surface area contributed by atoms with E-state index in [1.165, 1.54) is 4.57 Å². The van der Waals surface area contributed by atoms with Gasteiger partial charge in [-0.1, -0.05) is 0 Å². The lowest BCUT2D eigenvalue weighted by atomic mass is 10.0. The second-order valence-corrected chi connectivity index (χ2v) is 4.56. The lowest BCUT2D eigenvalue weighted by Gasteiger charge is -2.22. The van der Waals surface area contributed by atoms with E-state index in [0.717, 1.165) is 0 Å². The molecule has 2 aromatic rings. The van der Waals surface area contributed by atoms with Gasteiger partial charge in [0.25, 0.3) is 0 Å². The van der Waals surface area contributed by atoms with E-state index in [-0.39, 0.29) is 11.8 Å². The lowest BCUT2D eigenvalue weighted by Crippen LogP contribution is -2.46. The zero-order valence-corrected chi connectivity index (χ0v) is 10.5. The van der Waals surface area contributed by atoms with Crippen molar-refractivity contribution in [2.75, 3.05) is 19.8 Å². The predicted octanol–water partition coefficient (Wildman–Crippen LogP) is 0.303. The van der Waals surface area contributed by atoms with Crippen molar-refractivity contribution in [2.24, 2.45) is 7.05 Å². The van der Waals surface area contributed by atoms with Gasteiger partial charge in [-0.2, -0.15) is 0 Å². The molecule has 1 aliphatic heterocycles. The summed E-state index contributed by atoms with van der Waals surface area (Å²) in [7, 11) is 1.63. The van der Waals surface area contributed by atoms with Gasteiger partial charge in [0.15, 0.2) is 11.4 Å². The van der Waals surface area contributed by atoms with E-state index in [0.29, 0.717) is 36.4 Å². The minimum absolute atomic E-state index is 0.0481. The lowest BCUT2D eigenvalue weighted by molar-refractivity contribution is 0.0607. The van der Waals surface area contributed by atoms with Crippen LogP contribution in [0.25, 0.3) is 11.1 Å². The molecule has 19 heavy (non-hydrogen) atoms. The summed E-state index contributed by atoms with van der Waals surface area (Å²) in [6.07, 6.45) is 0. The molecule has 6 heteroatoms. The molecule has 0 spiro atoms. The monoisotopic (exact) mass is 262 g/mol. The molecule has 1 N–H and O–H groups in total. The second kappa shape index (κ2) is 4.64. The van der Waals surface area contributed by atoms with E-state index in [2.05, 4.69) is 5.32 Å². The molecule has 0 saturated carbocycles. The molecule has 1 aromatic heterocycles. The highest BCUT2D eigenvalue weighted by atomic mass is 16.5. The number of Topliss-reactive ketones (excluding diaryl/α,β-unsaturated/α-hetero) is 1. The summed E-state index contributed by atoms with van der Waals surface area (Å²) in [5, 5.41) is 3.11. The van der Waals surface area contributed by atoms with Gasteiger partial charge in [0.05, 0.1) is 24.8 Å². The highest BCUT2D eigenvalue weighted by Gasteiger charge is 2.23. The number of rotatable bonds is 2. The molecule has 1 saturated heterocycles. The zero-order chi connectivity index (χ0) is 13.4. The average Bonchev–Trinajstić information content (AvgIpc) is 2.74. The molecule has 1 atom stereocenters. The number of nitrogens with zero attached hydrogens (tertiary/aromatic N) is 1. The summed E-state index contributed by atoms with van der Waals surface area (Å²) in [6.45, 7) is 1.66. The molecule has 0 aliphatic carbocycles. The molecule has 0 radical (unpaired) electrons. The van der Waals surface area contributed by atoms with Crippen LogP contribution >= 0.6 is 0 Å². The van der Waals surface area contributed by atoms with Gasteiger partial charge in [-0.15, -0.1) is 0 Å². The SMILES string of the molecule is Cn1c(=O)oc2cc(C(=O)C3COCCN3)ccc21. The Morgan fingerprint density at radius 2 is 2.32 bits per heavy atom.